The quantitative estimate of drug-likeness (QED) is 0.701. The van der Waals surface area contributed by atoms with Gasteiger partial charge in [0.1, 0.15) is 0 Å². The number of nitrogens with zero attached hydrogens (tertiary/aromatic N) is 1. The van der Waals surface area contributed by atoms with Crippen LogP contribution in [0.25, 0.3) is 16.5 Å². The zero-order chi connectivity index (χ0) is 14.8. The van der Waals surface area contributed by atoms with Gasteiger partial charge in [0, 0.05) is 11.1 Å². The third kappa shape index (κ3) is 2.38. The molecule has 0 spiro atoms. The molecule has 3 aromatic rings. The molecule has 0 aliphatic rings. The van der Waals surface area contributed by atoms with E-state index in [4.69, 9.17) is 0 Å². The second-order valence-electron chi connectivity index (χ2n) is 5.40. The lowest BCUT2D eigenvalue weighted by Crippen LogP contribution is -2.22. The maximum Gasteiger partial charge on any atom is 0.263 e. The van der Waals surface area contributed by atoms with E-state index in [2.05, 4.69) is 13.0 Å². The molecule has 1 heterocycles. The number of rotatable bonds is 3. The number of fused-ring (bicyclic) bond motifs is 1. The first-order valence-electron chi connectivity index (χ1n) is 7.42. The molecule has 0 N–H and O–H groups in total. The van der Waals surface area contributed by atoms with E-state index in [1.165, 1.54) is 0 Å². The fourth-order valence-corrected chi connectivity index (χ4v) is 2.83. The summed E-state index contributed by atoms with van der Waals surface area (Å²) in [5, 5.41) is 1.80. The number of hydrogen-bond acceptors (Lipinski definition) is 1. The molecule has 2 heteroatoms. The summed E-state index contributed by atoms with van der Waals surface area (Å²) in [5.41, 5.74) is 3.25. The first kappa shape index (κ1) is 13.6. The molecular formula is C19H19NO. The molecule has 0 aliphatic carbocycles. The van der Waals surface area contributed by atoms with Gasteiger partial charge >= 0.3 is 0 Å². The minimum atomic E-state index is 0.0749. The van der Waals surface area contributed by atoms with Crippen LogP contribution in [0.4, 0.5) is 0 Å². The van der Waals surface area contributed by atoms with Crippen LogP contribution in [0.5, 0.6) is 0 Å². The summed E-state index contributed by atoms with van der Waals surface area (Å²) < 4.78 is 1.88. The van der Waals surface area contributed by atoms with Crippen LogP contribution in [0.15, 0.2) is 59.4 Å². The van der Waals surface area contributed by atoms with Crippen molar-refractivity contribution in [2.75, 3.05) is 0 Å². The Bertz CT molecular complexity index is 846. The SMILES string of the molecule is CCCc1cc2ccccc2c(=O)n1-c1ccccc1C. The molecule has 0 aliphatic heterocycles. The molecular weight excluding hydrogens is 258 g/mol. The van der Waals surface area contributed by atoms with E-state index in [1.54, 1.807) is 0 Å². The zero-order valence-electron chi connectivity index (χ0n) is 12.5. The molecule has 0 saturated heterocycles. The maximum absolute atomic E-state index is 12.9. The third-order valence-corrected chi connectivity index (χ3v) is 3.87. The highest BCUT2D eigenvalue weighted by Crippen LogP contribution is 2.19. The van der Waals surface area contributed by atoms with Gasteiger partial charge in [0.05, 0.1) is 5.69 Å². The Morgan fingerprint density at radius 3 is 2.48 bits per heavy atom. The highest BCUT2D eigenvalue weighted by Gasteiger charge is 2.11. The Labute approximate surface area is 124 Å². The van der Waals surface area contributed by atoms with Crippen LogP contribution in [0.2, 0.25) is 0 Å². The van der Waals surface area contributed by atoms with Crippen molar-refractivity contribution in [2.45, 2.75) is 26.7 Å². The van der Waals surface area contributed by atoms with E-state index < -0.39 is 0 Å². The second kappa shape index (κ2) is 5.57. The number of pyridine rings is 1. The third-order valence-electron chi connectivity index (χ3n) is 3.87. The van der Waals surface area contributed by atoms with Crippen LogP contribution in [-0.2, 0) is 6.42 Å². The van der Waals surface area contributed by atoms with Crippen LogP contribution < -0.4 is 5.56 Å². The molecule has 0 fully saturated rings. The van der Waals surface area contributed by atoms with E-state index >= 15 is 0 Å². The number of aryl methyl sites for hydroxylation is 2. The van der Waals surface area contributed by atoms with E-state index in [1.807, 2.05) is 60.0 Å². The molecule has 2 nitrogen and oxygen atoms in total. The van der Waals surface area contributed by atoms with Crippen molar-refractivity contribution in [3.63, 3.8) is 0 Å². The van der Waals surface area contributed by atoms with E-state index in [0.29, 0.717) is 0 Å². The van der Waals surface area contributed by atoms with Crippen LogP contribution in [-0.4, -0.2) is 4.57 Å². The van der Waals surface area contributed by atoms with Gasteiger partial charge in [-0.2, -0.15) is 0 Å². The molecule has 0 unspecified atom stereocenters. The number of hydrogen-bond donors (Lipinski definition) is 0. The van der Waals surface area contributed by atoms with Crippen molar-refractivity contribution in [3.8, 4) is 5.69 Å². The number of benzene rings is 2. The smallest absolute Gasteiger partial charge is 0.263 e. The average Bonchev–Trinajstić information content (AvgIpc) is 2.49. The summed E-state index contributed by atoms with van der Waals surface area (Å²) in [4.78, 5) is 12.9. The first-order valence-corrected chi connectivity index (χ1v) is 7.42. The Balaban J connectivity index is 2.40. The van der Waals surface area contributed by atoms with Gasteiger partial charge in [0.2, 0.25) is 0 Å². The average molecular weight is 277 g/mol. The number of aromatic nitrogens is 1. The molecule has 0 amide bonds. The van der Waals surface area contributed by atoms with Gasteiger partial charge < -0.3 is 0 Å². The molecule has 0 bridgehead atoms. The van der Waals surface area contributed by atoms with Gasteiger partial charge in [-0.05, 0) is 42.5 Å². The van der Waals surface area contributed by atoms with E-state index in [-0.39, 0.29) is 5.56 Å². The summed E-state index contributed by atoms with van der Waals surface area (Å²) in [6.45, 7) is 4.19. The highest BCUT2D eigenvalue weighted by molar-refractivity contribution is 5.82. The lowest BCUT2D eigenvalue weighted by molar-refractivity contribution is 0.814. The van der Waals surface area contributed by atoms with Crippen LogP contribution in [0.3, 0.4) is 0 Å². The molecule has 2 aromatic carbocycles. The van der Waals surface area contributed by atoms with Crippen LogP contribution >= 0.6 is 0 Å². The predicted molar refractivity (Wildman–Crippen MR) is 88.3 cm³/mol. The van der Waals surface area contributed by atoms with Crippen LogP contribution in [0, 0.1) is 6.92 Å². The van der Waals surface area contributed by atoms with Gasteiger partial charge in [0.15, 0.2) is 0 Å². The number of para-hydroxylation sites is 1. The summed E-state index contributed by atoms with van der Waals surface area (Å²) in [5.74, 6) is 0. The lowest BCUT2D eigenvalue weighted by atomic mass is 10.1. The second-order valence-corrected chi connectivity index (χ2v) is 5.40. The van der Waals surface area contributed by atoms with Crippen LogP contribution in [0.1, 0.15) is 24.6 Å². The Morgan fingerprint density at radius 1 is 1.00 bits per heavy atom. The van der Waals surface area contributed by atoms with Crippen molar-refractivity contribution >= 4 is 10.8 Å². The monoisotopic (exact) mass is 277 g/mol. The standard InChI is InChI=1S/C19H19NO/c1-3-8-16-13-15-10-5-6-11-17(15)19(21)20(16)18-12-7-4-9-14(18)2/h4-7,9-13H,3,8H2,1-2H3. The van der Waals surface area contributed by atoms with Crippen molar-refractivity contribution < 1.29 is 0 Å². The topological polar surface area (TPSA) is 22.0 Å². The molecule has 0 saturated carbocycles. The van der Waals surface area contributed by atoms with E-state index in [0.717, 1.165) is 40.6 Å². The normalized spacial score (nSPS) is 11.0. The summed E-state index contributed by atoms with van der Waals surface area (Å²) >= 11 is 0. The van der Waals surface area contributed by atoms with E-state index in [9.17, 15) is 4.79 Å². The van der Waals surface area contributed by atoms with Gasteiger partial charge in [-0.1, -0.05) is 49.7 Å². The molecule has 0 atom stereocenters. The summed E-state index contributed by atoms with van der Waals surface area (Å²) in [6.07, 6.45) is 1.91. The first-order chi connectivity index (χ1) is 10.2. The minimum absolute atomic E-state index is 0.0749. The predicted octanol–water partition coefficient (Wildman–Crippen LogP) is 4.25. The summed E-state index contributed by atoms with van der Waals surface area (Å²) in [6, 6.07) is 18.0. The molecule has 3 rings (SSSR count). The fourth-order valence-electron chi connectivity index (χ4n) is 2.83. The maximum atomic E-state index is 12.9. The van der Waals surface area contributed by atoms with Crippen molar-refractivity contribution in [1.82, 2.24) is 4.57 Å². The van der Waals surface area contributed by atoms with Crippen molar-refractivity contribution in [3.05, 3.63) is 76.2 Å². The minimum Gasteiger partial charge on any atom is -0.280 e. The van der Waals surface area contributed by atoms with Gasteiger partial charge in [-0.3, -0.25) is 9.36 Å². The Morgan fingerprint density at radius 2 is 1.71 bits per heavy atom. The summed E-state index contributed by atoms with van der Waals surface area (Å²) in [7, 11) is 0. The lowest BCUT2D eigenvalue weighted by Gasteiger charge is -2.16. The molecule has 21 heavy (non-hydrogen) atoms. The molecule has 1 aromatic heterocycles. The highest BCUT2D eigenvalue weighted by atomic mass is 16.1. The van der Waals surface area contributed by atoms with Gasteiger partial charge in [-0.15, -0.1) is 0 Å². The van der Waals surface area contributed by atoms with Gasteiger partial charge in [-0.25, -0.2) is 0 Å². The molecule has 106 valence electrons. The van der Waals surface area contributed by atoms with Crippen molar-refractivity contribution in [2.24, 2.45) is 0 Å². The molecule has 0 radical (unpaired) electrons. The Hall–Kier alpha value is -2.35. The Kier molecular flexibility index (Phi) is 3.61. The van der Waals surface area contributed by atoms with Gasteiger partial charge in [0.25, 0.3) is 5.56 Å². The largest absolute Gasteiger partial charge is 0.280 e. The fraction of sp³-hybridized carbons (Fsp3) is 0.211. The van der Waals surface area contributed by atoms with Crippen molar-refractivity contribution in [1.29, 1.82) is 0 Å². The zero-order valence-corrected chi connectivity index (χ0v) is 12.5.